The molecule has 2 aromatic rings. The fourth-order valence-electron chi connectivity index (χ4n) is 3.47. The molecule has 3 rings (SSSR count). The van der Waals surface area contributed by atoms with Crippen LogP contribution in [0.15, 0.2) is 48.0 Å². The van der Waals surface area contributed by atoms with Gasteiger partial charge in [0.15, 0.2) is 0 Å². The predicted octanol–water partition coefficient (Wildman–Crippen LogP) is 6.40. The molecule has 1 aliphatic rings. The molecule has 0 atom stereocenters. The zero-order valence-electron chi connectivity index (χ0n) is 18.4. The monoisotopic (exact) mass is 488 g/mol. The smallest absolute Gasteiger partial charge is 0.335 e. The van der Waals surface area contributed by atoms with E-state index in [-0.39, 0.29) is 5.57 Å². The van der Waals surface area contributed by atoms with E-state index < -0.39 is 17.8 Å². The Bertz CT molecular complexity index is 1050. The maximum absolute atomic E-state index is 13.1. The second-order valence-electron chi connectivity index (χ2n) is 7.73. The molecule has 0 aliphatic carbocycles. The Labute approximate surface area is 203 Å². The number of ether oxygens (including phenoxy) is 1. The van der Waals surface area contributed by atoms with E-state index in [1.807, 2.05) is 0 Å². The number of carbonyl (C=O) groups is 3. The molecule has 0 saturated carbocycles. The van der Waals surface area contributed by atoms with Gasteiger partial charge in [-0.05, 0) is 55.0 Å². The minimum absolute atomic E-state index is 0.198. The first-order valence-electron chi connectivity index (χ1n) is 11.0. The molecule has 0 unspecified atom stereocenters. The third kappa shape index (κ3) is 6.59. The topological polar surface area (TPSA) is 75.7 Å². The van der Waals surface area contributed by atoms with Crippen LogP contribution >= 0.6 is 23.2 Å². The quantitative estimate of drug-likeness (QED) is 0.238. The van der Waals surface area contributed by atoms with Gasteiger partial charge in [0.05, 0.1) is 12.3 Å². The Morgan fingerprint density at radius 3 is 2.30 bits per heavy atom. The van der Waals surface area contributed by atoms with Gasteiger partial charge in [-0.25, -0.2) is 9.69 Å². The normalized spacial score (nSPS) is 15.2. The van der Waals surface area contributed by atoms with Gasteiger partial charge in [0.2, 0.25) is 0 Å². The van der Waals surface area contributed by atoms with Crippen molar-refractivity contribution in [3.63, 3.8) is 0 Å². The van der Waals surface area contributed by atoms with Crippen LogP contribution < -0.4 is 15.0 Å². The zero-order valence-corrected chi connectivity index (χ0v) is 19.9. The van der Waals surface area contributed by atoms with E-state index in [0.717, 1.165) is 24.2 Å². The molecule has 1 fully saturated rings. The lowest BCUT2D eigenvalue weighted by atomic mass is 10.1. The maximum Gasteiger partial charge on any atom is 0.335 e. The van der Waals surface area contributed by atoms with Crippen molar-refractivity contribution in [1.29, 1.82) is 0 Å². The molecule has 174 valence electrons. The van der Waals surface area contributed by atoms with E-state index in [9.17, 15) is 14.4 Å². The Morgan fingerprint density at radius 2 is 1.58 bits per heavy atom. The summed E-state index contributed by atoms with van der Waals surface area (Å²) in [5.41, 5.74) is 0.583. The number of nitrogens with one attached hydrogen (secondary N) is 1. The molecule has 8 heteroatoms. The van der Waals surface area contributed by atoms with Gasteiger partial charge in [0.1, 0.15) is 11.3 Å². The lowest BCUT2D eigenvalue weighted by Gasteiger charge is -2.26. The number of imide groups is 2. The van der Waals surface area contributed by atoms with Crippen LogP contribution in [0.1, 0.15) is 51.0 Å². The average molecular weight is 489 g/mol. The van der Waals surface area contributed by atoms with Crippen LogP contribution in [0.2, 0.25) is 10.0 Å². The maximum atomic E-state index is 13.1. The first-order chi connectivity index (χ1) is 15.9. The average Bonchev–Trinajstić information content (AvgIpc) is 2.78. The van der Waals surface area contributed by atoms with Crippen LogP contribution in [0.5, 0.6) is 5.75 Å². The van der Waals surface area contributed by atoms with Crippen molar-refractivity contribution in [2.45, 2.75) is 45.4 Å². The van der Waals surface area contributed by atoms with Gasteiger partial charge in [-0.3, -0.25) is 14.9 Å². The van der Waals surface area contributed by atoms with Crippen LogP contribution in [-0.2, 0) is 9.59 Å². The van der Waals surface area contributed by atoms with E-state index in [0.29, 0.717) is 33.7 Å². The van der Waals surface area contributed by atoms with Crippen molar-refractivity contribution in [3.05, 3.63) is 63.6 Å². The number of nitrogens with zero attached hydrogens (tertiary/aromatic N) is 1. The van der Waals surface area contributed by atoms with Crippen molar-refractivity contribution in [2.24, 2.45) is 0 Å². The van der Waals surface area contributed by atoms with Crippen molar-refractivity contribution < 1.29 is 19.1 Å². The molecule has 1 saturated heterocycles. The first kappa shape index (κ1) is 24.8. The molecule has 2 aromatic carbocycles. The van der Waals surface area contributed by atoms with Crippen molar-refractivity contribution in [3.8, 4) is 5.75 Å². The van der Waals surface area contributed by atoms with Crippen molar-refractivity contribution >= 4 is 52.8 Å². The minimum Gasteiger partial charge on any atom is -0.493 e. The molecule has 4 amide bonds. The number of anilines is 1. The highest BCUT2D eigenvalue weighted by molar-refractivity contribution is 6.39. The van der Waals surface area contributed by atoms with Gasteiger partial charge >= 0.3 is 6.03 Å². The number of unbranched alkanes of at least 4 members (excludes halogenated alkanes) is 5. The number of hydrogen-bond acceptors (Lipinski definition) is 4. The Kier molecular flexibility index (Phi) is 8.92. The van der Waals surface area contributed by atoms with E-state index in [1.165, 1.54) is 37.5 Å². The third-order valence-electron chi connectivity index (χ3n) is 5.21. The molecule has 0 bridgehead atoms. The summed E-state index contributed by atoms with van der Waals surface area (Å²) >= 11 is 12.1. The Balaban J connectivity index is 1.79. The number of rotatable bonds is 10. The molecule has 1 heterocycles. The minimum atomic E-state index is -0.824. The molecule has 0 aromatic heterocycles. The molecule has 0 spiro atoms. The number of carbonyl (C=O) groups excluding carboxylic acids is 3. The van der Waals surface area contributed by atoms with Gasteiger partial charge < -0.3 is 4.74 Å². The zero-order chi connectivity index (χ0) is 23.8. The van der Waals surface area contributed by atoms with Gasteiger partial charge in [0, 0.05) is 15.6 Å². The fourth-order valence-corrected chi connectivity index (χ4v) is 3.77. The summed E-state index contributed by atoms with van der Waals surface area (Å²) in [7, 11) is 0. The number of barbiturate groups is 1. The standard InChI is InChI=1S/C25H26Cl2N2O4/c1-2-3-4-5-6-7-14-33-22-13-10-19(27)15-17(22)16-21-23(30)28-25(32)29(24(21)31)20-11-8-18(26)9-12-20/h8-13,15-16H,2-7,14H2,1H3,(H,28,30,32)/b21-16-. The molecule has 1 aliphatic heterocycles. The summed E-state index contributed by atoms with van der Waals surface area (Å²) in [6.07, 6.45) is 8.19. The van der Waals surface area contributed by atoms with Gasteiger partial charge in [-0.2, -0.15) is 0 Å². The second kappa shape index (κ2) is 11.9. The second-order valence-corrected chi connectivity index (χ2v) is 8.61. The molecule has 33 heavy (non-hydrogen) atoms. The summed E-state index contributed by atoms with van der Waals surface area (Å²) in [6.45, 7) is 2.70. The predicted molar refractivity (Wildman–Crippen MR) is 131 cm³/mol. The largest absolute Gasteiger partial charge is 0.493 e. The lowest BCUT2D eigenvalue weighted by Crippen LogP contribution is -2.54. The van der Waals surface area contributed by atoms with Crippen molar-refractivity contribution in [2.75, 3.05) is 11.5 Å². The highest BCUT2D eigenvalue weighted by Crippen LogP contribution is 2.28. The number of benzene rings is 2. The Morgan fingerprint density at radius 1 is 0.909 bits per heavy atom. The molecule has 6 nitrogen and oxygen atoms in total. The molecule has 0 radical (unpaired) electrons. The summed E-state index contributed by atoms with van der Waals surface area (Å²) in [6, 6.07) is 10.4. The molecular weight excluding hydrogens is 463 g/mol. The third-order valence-corrected chi connectivity index (χ3v) is 5.70. The highest BCUT2D eigenvalue weighted by Gasteiger charge is 2.37. The number of halogens is 2. The number of amides is 4. The van der Waals surface area contributed by atoms with Crippen LogP contribution in [0.25, 0.3) is 6.08 Å². The first-order valence-corrected chi connectivity index (χ1v) is 11.8. The van der Waals surface area contributed by atoms with Crippen LogP contribution in [0, 0.1) is 0 Å². The van der Waals surface area contributed by atoms with Crippen molar-refractivity contribution in [1.82, 2.24) is 5.32 Å². The summed E-state index contributed by atoms with van der Waals surface area (Å²) < 4.78 is 5.92. The van der Waals surface area contributed by atoms with Gasteiger partial charge in [-0.1, -0.05) is 62.2 Å². The summed E-state index contributed by atoms with van der Waals surface area (Å²) in [5.74, 6) is -1.01. The van der Waals surface area contributed by atoms with Crippen LogP contribution in [0.4, 0.5) is 10.5 Å². The molecule has 1 N–H and O–H groups in total. The van der Waals surface area contributed by atoms with Crippen LogP contribution in [0.3, 0.4) is 0 Å². The fraction of sp³-hybridized carbons (Fsp3) is 0.320. The van der Waals surface area contributed by atoms with E-state index in [2.05, 4.69) is 12.2 Å². The highest BCUT2D eigenvalue weighted by atomic mass is 35.5. The van der Waals surface area contributed by atoms with E-state index >= 15 is 0 Å². The van der Waals surface area contributed by atoms with E-state index in [4.69, 9.17) is 27.9 Å². The number of urea groups is 1. The Hall–Kier alpha value is -2.83. The molecular formula is C25H26Cl2N2O4. The SMILES string of the molecule is CCCCCCCCOc1ccc(Cl)cc1/C=C1/C(=O)NC(=O)N(c2ccc(Cl)cc2)C1=O. The number of hydrogen-bond donors (Lipinski definition) is 1. The summed E-state index contributed by atoms with van der Waals surface area (Å²) in [5, 5.41) is 3.10. The van der Waals surface area contributed by atoms with Gasteiger partial charge in [-0.15, -0.1) is 0 Å². The van der Waals surface area contributed by atoms with E-state index in [1.54, 1.807) is 30.3 Å². The summed E-state index contributed by atoms with van der Waals surface area (Å²) in [4.78, 5) is 38.8. The lowest BCUT2D eigenvalue weighted by molar-refractivity contribution is -0.122. The van der Waals surface area contributed by atoms with Gasteiger partial charge in [0.25, 0.3) is 11.8 Å². The van der Waals surface area contributed by atoms with Crippen LogP contribution in [-0.4, -0.2) is 24.5 Å².